The molecule has 0 spiro atoms. The van der Waals surface area contributed by atoms with Gasteiger partial charge < -0.3 is 4.55 Å². The van der Waals surface area contributed by atoms with Crippen molar-refractivity contribution >= 4 is 22.1 Å². The van der Waals surface area contributed by atoms with E-state index in [0.29, 0.717) is 10.5 Å². The Morgan fingerprint density at radius 3 is 2.00 bits per heavy atom. The molecule has 2 nitrogen and oxygen atoms in total. The zero-order chi connectivity index (χ0) is 12.1. The minimum absolute atomic E-state index is 0.303. The average Bonchev–Trinajstić information content (AvgIpc) is 2.38. The smallest absolute Gasteiger partial charge is 0.0327 e. The van der Waals surface area contributed by atoms with E-state index in [2.05, 4.69) is 0 Å². The summed E-state index contributed by atoms with van der Waals surface area (Å²) in [6.45, 7) is 0. The standard InChI is InChI=1S/C14H12O2S/c15-17(16)14(13-9-5-2-6-10-13)11-12-7-3-1-4-8-12/h1-11H,(H,15,16)/p-1. The topological polar surface area (TPSA) is 40.1 Å². The highest BCUT2D eigenvalue weighted by Crippen LogP contribution is 2.20. The van der Waals surface area contributed by atoms with Gasteiger partial charge in [-0.15, -0.1) is 0 Å². The maximum Gasteiger partial charge on any atom is 0.0327 e. The van der Waals surface area contributed by atoms with Crippen molar-refractivity contribution in [2.24, 2.45) is 0 Å². The second kappa shape index (κ2) is 5.57. The maximum absolute atomic E-state index is 11.2. The second-order valence-electron chi connectivity index (χ2n) is 3.52. The first-order valence-electron chi connectivity index (χ1n) is 5.19. The lowest BCUT2D eigenvalue weighted by molar-refractivity contribution is 0.548. The highest BCUT2D eigenvalue weighted by molar-refractivity contribution is 7.89. The highest BCUT2D eigenvalue weighted by Gasteiger charge is 2.01. The van der Waals surface area contributed by atoms with Crippen molar-refractivity contribution in [1.82, 2.24) is 0 Å². The van der Waals surface area contributed by atoms with E-state index >= 15 is 0 Å². The molecule has 0 aliphatic rings. The van der Waals surface area contributed by atoms with Crippen LogP contribution in [0, 0.1) is 0 Å². The fourth-order valence-electron chi connectivity index (χ4n) is 1.53. The third kappa shape index (κ3) is 3.12. The van der Waals surface area contributed by atoms with Crippen molar-refractivity contribution < 1.29 is 8.76 Å². The molecule has 0 bridgehead atoms. The van der Waals surface area contributed by atoms with E-state index in [0.717, 1.165) is 5.56 Å². The largest absolute Gasteiger partial charge is 0.768 e. The molecule has 0 fully saturated rings. The molecule has 0 N–H and O–H groups in total. The number of rotatable bonds is 3. The highest BCUT2D eigenvalue weighted by atomic mass is 32.2. The lowest BCUT2D eigenvalue weighted by Crippen LogP contribution is -1.92. The molecule has 0 saturated heterocycles. The Balaban J connectivity index is 2.44. The number of hydrogen-bond acceptors (Lipinski definition) is 2. The van der Waals surface area contributed by atoms with E-state index in [1.165, 1.54) is 0 Å². The lowest BCUT2D eigenvalue weighted by Gasteiger charge is -2.10. The van der Waals surface area contributed by atoms with Gasteiger partial charge >= 0.3 is 0 Å². The first-order chi connectivity index (χ1) is 8.27. The molecule has 0 aromatic heterocycles. The van der Waals surface area contributed by atoms with Crippen LogP contribution in [0.15, 0.2) is 60.7 Å². The molecule has 0 saturated carbocycles. The van der Waals surface area contributed by atoms with Gasteiger partial charge in [0.25, 0.3) is 0 Å². The third-order valence-corrected chi connectivity index (χ3v) is 3.05. The normalized spacial score (nSPS) is 13.4. The summed E-state index contributed by atoms with van der Waals surface area (Å²) in [7, 11) is 0. The van der Waals surface area contributed by atoms with Gasteiger partial charge in [-0.25, -0.2) is 0 Å². The lowest BCUT2D eigenvalue weighted by atomic mass is 10.1. The van der Waals surface area contributed by atoms with Gasteiger partial charge in [-0.2, -0.15) is 0 Å². The molecule has 0 aliphatic carbocycles. The molecule has 0 heterocycles. The Morgan fingerprint density at radius 1 is 0.941 bits per heavy atom. The maximum atomic E-state index is 11.2. The molecule has 1 atom stereocenters. The molecule has 0 radical (unpaired) electrons. The van der Waals surface area contributed by atoms with Crippen molar-refractivity contribution in [3.05, 3.63) is 71.8 Å². The number of hydrogen-bond donors (Lipinski definition) is 0. The van der Waals surface area contributed by atoms with Gasteiger partial charge in [-0.3, -0.25) is 4.21 Å². The van der Waals surface area contributed by atoms with Gasteiger partial charge in [-0.1, -0.05) is 60.7 Å². The van der Waals surface area contributed by atoms with Crippen LogP contribution >= 0.6 is 0 Å². The van der Waals surface area contributed by atoms with E-state index in [4.69, 9.17) is 0 Å². The zero-order valence-electron chi connectivity index (χ0n) is 9.08. The van der Waals surface area contributed by atoms with Crippen LogP contribution in [0.1, 0.15) is 11.1 Å². The van der Waals surface area contributed by atoms with Gasteiger partial charge in [-0.05, 0) is 28.3 Å². The minimum Gasteiger partial charge on any atom is -0.768 e. The first kappa shape index (κ1) is 11.8. The van der Waals surface area contributed by atoms with E-state index in [-0.39, 0.29) is 0 Å². The summed E-state index contributed by atoms with van der Waals surface area (Å²) in [5.41, 5.74) is 1.57. The van der Waals surface area contributed by atoms with Crippen LogP contribution < -0.4 is 0 Å². The van der Waals surface area contributed by atoms with Crippen LogP contribution in [0.25, 0.3) is 11.0 Å². The molecule has 0 amide bonds. The van der Waals surface area contributed by atoms with Crippen molar-refractivity contribution in [1.29, 1.82) is 0 Å². The van der Waals surface area contributed by atoms with Crippen molar-refractivity contribution in [2.75, 3.05) is 0 Å². The Labute approximate surface area is 103 Å². The van der Waals surface area contributed by atoms with Gasteiger partial charge in [0.1, 0.15) is 0 Å². The van der Waals surface area contributed by atoms with Crippen LogP contribution in [0.5, 0.6) is 0 Å². The molecule has 2 aromatic carbocycles. The molecule has 3 heteroatoms. The van der Waals surface area contributed by atoms with E-state index < -0.39 is 11.1 Å². The van der Waals surface area contributed by atoms with Crippen LogP contribution in [0.2, 0.25) is 0 Å². The van der Waals surface area contributed by atoms with E-state index in [1.54, 1.807) is 18.2 Å². The van der Waals surface area contributed by atoms with Crippen LogP contribution in [-0.2, 0) is 11.1 Å². The second-order valence-corrected chi connectivity index (χ2v) is 4.43. The first-order valence-corrected chi connectivity index (χ1v) is 6.26. The molecular weight excluding hydrogens is 232 g/mol. The number of benzene rings is 2. The fraction of sp³-hybridized carbons (Fsp3) is 0. The molecule has 17 heavy (non-hydrogen) atoms. The monoisotopic (exact) mass is 243 g/mol. The summed E-state index contributed by atoms with van der Waals surface area (Å²) in [6, 6.07) is 18.5. The molecule has 86 valence electrons. The Bertz CT molecular complexity index is 533. The summed E-state index contributed by atoms with van der Waals surface area (Å²) >= 11 is -2.24. The average molecular weight is 243 g/mol. The molecule has 2 rings (SSSR count). The van der Waals surface area contributed by atoms with Crippen molar-refractivity contribution in [2.45, 2.75) is 0 Å². The van der Waals surface area contributed by atoms with Gasteiger partial charge in [0.05, 0.1) is 0 Å². The van der Waals surface area contributed by atoms with Gasteiger partial charge in [0.2, 0.25) is 0 Å². The predicted octanol–water partition coefficient (Wildman–Crippen LogP) is 3.06. The van der Waals surface area contributed by atoms with Crippen molar-refractivity contribution in [3.8, 4) is 0 Å². The summed E-state index contributed by atoms with van der Waals surface area (Å²) < 4.78 is 22.5. The molecular formula is C14H11O2S-. The van der Waals surface area contributed by atoms with E-state index in [9.17, 15) is 8.76 Å². The fourth-order valence-corrected chi connectivity index (χ4v) is 2.09. The molecule has 2 aromatic rings. The summed E-state index contributed by atoms with van der Waals surface area (Å²) in [5.74, 6) is 0. The van der Waals surface area contributed by atoms with Crippen LogP contribution in [0.3, 0.4) is 0 Å². The Morgan fingerprint density at radius 2 is 1.47 bits per heavy atom. The van der Waals surface area contributed by atoms with Crippen LogP contribution in [0.4, 0.5) is 0 Å². The molecule has 1 unspecified atom stereocenters. The Hall–Kier alpha value is -1.71. The SMILES string of the molecule is O=S([O-])C(=Cc1ccccc1)c1ccccc1. The molecule has 0 aliphatic heterocycles. The van der Waals surface area contributed by atoms with Gasteiger partial charge in [0, 0.05) is 4.91 Å². The third-order valence-electron chi connectivity index (χ3n) is 2.34. The zero-order valence-corrected chi connectivity index (χ0v) is 9.89. The Kier molecular flexibility index (Phi) is 3.85. The summed E-state index contributed by atoms with van der Waals surface area (Å²) in [5, 5.41) is 0. The predicted molar refractivity (Wildman–Crippen MR) is 69.7 cm³/mol. The van der Waals surface area contributed by atoms with Crippen molar-refractivity contribution in [3.63, 3.8) is 0 Å². The van der Waals surface area contributed by atoms with Crippen LogP contribution in [-0.4, -0.2) is 8.76 Å². The van der Waals surface area contributed by atoms with E-state index in [1.807, 2.05) is 48.5 Å². The quantitative estimate of drug-likeness (QED) is 0.614. The minimum atomic E-state index is -2.24. The summed E-state index contributed by atoms with van der Waals surface area (Å²) in [6.07, 6.45) is 1.67. The summed E-state index contributed by atoms with van der Waals surface area (Å²) in [4.78, 5) is 0.303. The van der Waals surface area contributed by atoms with Gasteiger partial charge in [0.15, 0.2) is 0 Å².